The van der Waals surface area contributed by atoms with Gasteiger partial charge in [-0.25, -0.2) is 0 Å². The molecule has 0 amide bonds. The van der Waals surface area contributed by atoms with Gasteiger partial charge in [0.05, 0.1) is 5.75 Å². The summed E-state index contributed by atoms with van der Waals surface area (Å²) in [7, 11) is 0. The third-order valence-electron chi connectivity index (χ3n) is 1.21. The molecular formula is C6H7N3O4S. The largest absolute Gasteiger partial charge is 0.481 e. The molecule has 76 valence electrons. The SMILES string of the molecule is O=C(O)CSc1nncn1CC(=O)O. The van der Waals surface area contributed by atoms with Gasteiger partial charge in [0.15, 0.2) is 5.16 Å². The van der Waals surface area contributed by atoms with Gasteiger partial charge >= 0.3 is 11.9 Å². The lowest BCUT2D eigenvalue weighted by Gasteiger charge is -2.00. The lowest BCUT2D eigenvalue weighted by molar-refractivity contribution is -0.138. The maximum absolute atomic E-state index is 10.4. The van der Waals surface area contributed by atoms with Crippen LogP contribution in [0.25, 0.3) is 0 Å². The van der Waals surface area contributed by atoms with Gasteiger partial charge < -0.3 is 10.2 Å². The Hall–Kier alpha value is -1.57. The number of nitrogens with zero attached hydrogens (tertiary/aromatic N) is 3. The molecule has 0 radical (unpaired) electrons. The number of aromatic nitrogens is 3. The maximum atomic E-state index is 10.4. The summed E-state index contributed by atoms with van der Waals surface area (Å²) in [5, 5.41) is 24.2. The van der Waals surface area contributed by atoms with Crippen LogP contribution >= 0.6 is 11.8 Å². The second kappa shape index (κ2) is 4.61. The van der Waals surface area contributed by atoms with E-state index < -0.39 is 11.9 Å². The summed E-state index contributed by atoms with van der Waals surface area (Å²) >= 11 is 0.930. The minimum atomic E-state index is -1.03. The first kappa shape index (κ1) is 10.5. The zero-order valence-electron chi connectivity index (χ0n) is 6.95. The van der Waals surface area contributed by atoms with Gasteiger partial charge in [0.25, 0.3) is 0 Å². The highest BCUT2D eigenvalue weighted by atomic mass is 32.2. The number of aliphatic carboxylic acids is 2. The Morgan fingerprint density at radius 2 is 2.14 bits per heavy atom. The third kappa shape index (κ3) is 3.05. The summed E-state index contributed by atoms with van der Waals surface area (Å²) in [6.45, 7) is -0.269. The van der Waals surface area contributed by atoms with Crippen LogP contribution in [-0.4, -0.2) is 42.7 Å². The van der Waals surface area contributed by atoms with Gasteiger partial charge in [-0.2, -0.15) is 0 Å². The highest BCUT2D eigenvalue weighted by molar-refractivity contribution is 7.99. The van der Waals surface area contributed by atoms with E-state index in [0.717, 1.165) is 11.8 Å². The predicted molar refractivity (Wildman–Crippen MR) is 46.0 cm³/mol. The Balaban J connectivity index is 2.62. The number of carbonyl (C=O) groups is 2. The molecular weight excluding hydrogens is 210 g/mol. The molecule has 0 aliphatic carbocycles. The minimum Gasteiger partial charge on any atom is -0.481 e. The molecule has 0 saturated heterocycles. The van der Waals surface area contributed by atoms with Crippen LogP contribution in [0.3, 0.4) is 0 Å². The molecule has 8 heteroatoms. The molecule has 7 nitrogen and oxygen atoms in total. The molecule has 0 atom stereocenters. The van der Waals surface area contributed by atoms with Gasteiger partial charge in [-0.3, -0.25) is 14.2 Å². The fraction of sp³-hybridized carbons (Fsp3) is 0.333. The summed E-state index contributed by atoms with van der Waals surface area (Å²) in [6.07, 6.45) is 1.25. The summed E-state index contributed by atoms with van der Waals surface area (Å²) < 4.78 is 1.27. The van der Waals surface area contributed by atoms with E-state index in [9.17, 15) is 9.59 Å². The van der Waals surface area contributed by atoms with Crippen LogP contribution in [0.1, 0.15) is 0 Å². The lowest BCUT2D eigenvalue weighted by atomic mass is 10.6. The number of thioether (sulfide) groups is 1. The number of rotatable bonds is 5. The van der Waals surface area contributed by atoms with Gasteiger partial charge in [-0.15, -0.1) is 10.2 Å². The molecule has 0 spiro atoms. The molecule has 1 rings (SSSR count). The fourth-order valence-electron chi connectivity index (χ4n) is 0.737. The van der Waals surface area contributed by atoms with Gasteiger partial charge in [0.2, 0.25) is 0 Å². The molecule has 0 saturated carbocycles. The summed E-state index contributed by atoms with van der Waals surface area (Å²) in [5.41, 5.74) is 0. The van der Waals surface area contributed by atoms with Crippen LogP contribution in [0.15, 0.2) is 11.5 Å². The van der Waals surface area contributed by atoms with Crippen molar-refractivity contribution in [2.45, 2.75) is 11.7 Å². The van der Waals surface area contributed by atoms with Crippen molar-refractivity contribution in [2.24, 2.45) is 0 Å². The summed E-state index contributed by atoms with van der Waals surface area (Å²) in [6, 6.07) is 0. The molecule has 0 aromatic carbocycles. The van der Waals surface area contributed by atoms with Crippen LogP contribution in [0.2, 0.25) is 0 Å². The van der Waals surface area contributed by atoms with Crippen molar-refractivity contribution in [1.29, 1.82) is 0 Å². The third-order valence-corrected chi connectivity index (χ3v) is 2.18. The van der Waals surface area contributed by atoms with Crippen LogP contribution in [0, 0.1) is 0 Å². The van der Waals surface area contributed by atoms with E-state index in [0.29, 0.717) is 0 Å². The van der Waals surface area contributed by atoms with Crippen LogP contribution in [0.4, 0.5) is 0 Å². The first-order valence-electron chi connectivity index (χ1n) is 3.54. The molecule has 0 aliphatic heterocycles. The Labute approximate surface area is 82.8 Å². The Morgan fingerprint density at radius 3 is 2.71 bits per heavy atom. The molecule has 0 aliphatic rings. The zero-order valence-corrected chi connectivity index (χ0v) is 7.77. The summed E-state index contributed by atoms with van der Waals surface area (Å²) in [5.74, 6) is -2.18. The van der Waals surface area contributed by atoms with Crippen molar-refractivity contribution in [2.75, 3.05) is 5.75 Å². The van der Waals surface area contributed by atoms with E-state index in [4.69, 9.17) is 10.2 Å². The second-order valence-corrected chi connectivity index (χ2v) is 3.26. The first-order chi connectivity index (χ1) is 6.59. The molecule has 0 fully saturated rings. The van der Waals surface area contributed by atoms with Crippen LogP contribution < -0.4 is 0 Å². The van der Waals surface area contributed by atoms with Crippen LogP contribution in [0.5, 0.6) is 0 Å². The van der Waals surface area contributed by atoms with E-state index in [2.05, 4.69) is 10.2 Å². The van der Waals surface area contributed by atoms with Crippen molar-refractivity contribution in [3.63, 3.8) is 0 Å². The highest BCUT2D eigenvalue weighted by Gasteiger charge is 2.09. The highest BCUT2D eigenvalue weighted by Crippen LogP contribution is 2.13. The lowest BCUT2D eigenvalue weighted by Crippen LogP contribution is -2.09. The molecule has 0 unspecified atom stereocenters. The molecule has 1 heterocycles. The van der Waals surface area contributed by atoms with E-state index in [-0.39, 0.29) is 17.5 Å². The molecule has 1 aromatic rings. The Morgan fingerprint density at radius 1 is 1.43 bits per heavy atom. The maximum Gasteiger partial charge on any atom is 0.323 e. The van der Waals surface area contributed by atoms with Crippen molar-refractivity contribution in [3.05, 3.63) is 6.33 Å². The molecule has 14 heavy (non-hydrogen) atoms. The average Bonchev–Trinajstić information content (AvgIpc) is 2.47. The van der Waals surface area contributed by atoms with Gasteiger partial charge in [-0.1, -0.05) is 11.8 Å². The van der Waals surface area contributed by atoms with Crippen molar-refractivity contribution in [3.8, 4) is 0 Å². The number of hydrogen-bond acceptors (Lipinski definition) is 5. The van der Waals surface area contributed by atoms with E-state index in [1.54, 1.807) is 0 Å². The zero-order chi connectivity index (χ0) is 10.6. The second-order valence-electron chi connectivity index (χ2n) is 2.32. The Bertz CT molecular complexity index is 351. The number of hydrogen-bond donors (Lipinski definition) is 2. The van der Waals surface area contributed by atoms with E-state index in [1.165, 1.54) is 10.9 Å². The standard InChI is InChI=1S/C6H7N3O4S/c10-4(11)1-9-3-7-8-6(9)14-2-5(12)13/h3H,1-2H2,(H,10,11)(H,12,13). The van der Waals surface area contributed by atoms with Gasteiger partial charge in [-0.05, 0) is 0 Å². The quantitative estimate of drug-likeness (QED) is 0.643. The predicted octanol–water partition coefficient (Wildman–Crippen LogP) is -0.461. The van der Waals surface area contributed by atoms with Crippen LogP contribution in [-0.2, 0) is 16.1 Å². The normalized spacial score (nSPS) is 10.0. The number of carboxylic acid groups (broad SMARTS) is 2. The van der Waals surface area contributed by atoms with E-state index >= 15 is 0 Å². The monoisotopic (exact) mass is 217 g/mol. The van der Waals surface area contributed by atoms with Crippen molar-refractivity contribution < 1.29 is 19.8 Å². The van der Waals surface area contributed by atoms with Gasteiger partial charge in [0.1, 0.15) is 12.9 Å². The molecule has 2 N–H and O–H groups in total. The smallest absolute Gasteiger partial charge is 0.323 e. The van der Waals surface area contributed by atoms with Crippen molar-refractivity contribution in [1.82, 2.24) is 14.8 Å². The van der Waals surface area contributed by atoms with Crippen molar-refractivity contribution >= 4 is 23.7 Å². The fourth-order valence-corrected chi connectivity index (χ4v) is 1.37. The topological polar surface area (TPSA) is 105 Å². The molecule has 1 aromatic heterocycles. The minimum absolute atomic E-state index is 0.168. The number of carboxylic acids is 2. The Kier molecular flexibility index (Phi) is 3.46. The summed E-state index contributed by atoms with van der Waals surface area (Å²) in [4.78, 5) is 20.6. The van der Waals surface area contributed by atoms with E-state index in [1.807, 2.05) is 0 Å². The first-order valence-corrected chi connectivity index (χ1v) is 4.52. The van der Waals surface area contributed by atoms with Gasteiger partial charge in [0, 0.05) is 0 Å². The molecule has 0 bridgehead atoms. The average molecular weight is 217 g/mol.